The Morgan fingerprint density at radius 1 is 1.17 bits per heavy atom. The van der Waals surface area contributed by atoms with E-state index in [9.17, 15) is 13.2 Å². The molecule has 158 valence electrons. The Hall–Kier alpha value is -2.42. The van der Waals surface area contributed by atoms with Gasteiger partial charge in [0.1, 0.15) is 11.9 Å². The van der Waals surface area contributed by atoms with Gasteiger partial charge in [0.15, 0.2) is 0 Å². The maximum absolute atomic E-state index is 15.0. The number of halogens is 4. The molecule has 0 N–H and O–H groups in total. The average Bonchev–Trinajstić information content (AvgIpc) is 2.63. The molecule has 1 atom stereocenters. The summed E-state index contributed by atoms with van der Waals surface area (Å²) in [6.07, 6.45) is -1.44. The topological polar surface area (TPSA) is 34.4 Å². The van der Waals surface area contributed by atoms with Crippen molar-refractivity contribution in [2.24, 2.45) is 10.1 Å². The lowest BCUT2D eigenvalue weighted by atomic mass is 9.98. The van der Waals surface area contributed by atoms with Crippen LogP contribution < -0.4 is 0 Å². The molecule has 1 unspecified atom stereocenters. The summed E-state index contributed by atoms with van der Waals surface area (Å²) in [5.74, 6) is -0.776. The lowest BCUT2D eigenvalue weighted by Crippen LogP contribution is -2.52. The fraction of sp³-hybridized carbons (Fsp3) is 0.500. The van der Waals surface area contributed by atoms with Crippen molar-refractivity contribution in [1.29, 1.82) is 0 Å². The van der Waals surface area contributed by atoms with Gasteiger partial charge in [-0.05, 0) is 40.0 Å². The zero-order chi connectivity index (χ0) is 21.3. The first-order valence-corrected chi connectivity index (χ1v) is 9.49. The van der Waals surface area contributed by atoms with Crippen molar-refractivity contribution in [2.45, 2.75) is 33.0 Å². The van der Waals surface area contributed by atoms with E-state index in [0.29, 0.717) is 24.8 Å². The lowest BCUT2D eigenvalue weighted by Gasteiger charge is -2.41. The van der Waals surface area contributed by atoms with Gasteiger partial charge in [-0.1, -0.05) is 12.2 Å². The maximum atomic E-state index is 15.0. The van der Waals surface area contributed by atoms with Gasteiger partial charge >= 0.3 is 6.18 Å². The molecule has 1 aromatic rings. The Labute approximate surface area is 168 Å². The molecule has 29 heavy (non-hydrogen) atoms. The molecule has 5 nitrogen and oxygen atoms in total. The van der Waals surface area contributed by atoms with Crippen LogP contribution in [-0.2, 0) is 6.18 Å². The minimum atomic E-state index is -4.78. The van der Waals surface area contributed by atoms with Gasteiger partial charge < -0.3 is 9.80 Å². The summed E-state index contributed by atoms with van der Waals surface area (Å²) in [5, 5.41) is 6.04. The van der Waals surface area contributed by atoms with Crippen molar-refractivity contribution in [2.75, 3.05) is 33.2 Å². The molecule has 9 heteroatoms. The molecule has 2 heterocycles. The first-order valence-electron chi connectivity index (χ1n) is 9.49. The van der Waals surface area contributed by atoms with Gasteiger partial charge in [0.25, 0.3) is 0 Å². The fourth-order valence-electron chi connectivity index (χ4n) is 3.49. The van der Waals surface area contributed by atoms with Gasteiger partial charge in [-0.25, -0.2) is 14.4 Å². The predicted octanol–water partition coefficient (Wildman–Crippen LogP) is 4.41. The van der Waals surface area contributed by atoms with E-state index in [1.165, 1.54) is 11.1 Å². The number of alkyl halides is 3. The normalized spacial score (nSPS) is 20.7. The van der Waals surface area contributed by atoms with Crippen molar-refractivity contribution < 1.29 is 17.6 Å². The van der Waals surface area contributed by atoms with Crippen LogP contribution in [0.15, 0.2) is 34.4 Å². The van der Waals surface area contributed by atoms with E-state index in [2.05, 4.69) is 15.0 Å². The van der Waals surface area contributed by atoms with Crippen molar-refractivity contribution in [1.82, 2.24) is 14.8 Å². The van der Waals surface area contributed by atoms with Crippen LogP contribution in [0.2, 0.25) is 0 Å². The number of fused-ring (bicyclic) bond motifs is 1. The minimum Gasteiger partial charge on any atom is -0.338 e. The number of aliphatic imine (C=N–C) groups is 1. The van der Waals surface area contributed by atoms with Gasteiger partial charge in [0, 0.05) is 37.5 Å². The molecular formula is C20H25F4N5. The zero-order valence-corrected chi connectivity index (χ0v) is 17.0. The van der Waals surface area contributed by atoms with Crippen molar-refractivity contribution >= 4 is 17.4 Å². The molecule has 2 aliphatic rings. The summed E-state index contributed by atoms with van der Waals surface area (Å²) in [6.45, 7) is 8.36. The van der Waals surface area contributed by atoms with Crippen LogP contribution in [0.25, 0.3) is 0 Å². The molecule has 2 aliphatic heterocycles. The highest BCUT2D eigenvalue weighted by Gasteiger charge is 2.40. The number of hydrazone groups is 1. The quantitative estimate of drug-likeness (QED) is 0.411. The third-order valence-corrected chi connectivity index (χ3v) is 4.92. The van der Waals surface area contributed by atoms with E-state index in [1.54, 1.807) is 32.9 Å². The molecule has 0 radical (unpaired) electrons. The highest BCUT2D eigenvalue weighted by Crippen LogP contribution is 2.43. The van der Waals surface area contributed by atoms with Gasteiger partial charge in [-0.2, -0.15) is 18.3 Å². The SMILES string of the molecule is CC=CC1c2c(ccc(C(F)(F)F)c2F)N=C(N2CCN(C)CC2)N1N=C(C)C. The highest BCUT2D eigenvalue weighted by molar-refractivity contribution is 5.88. The molecular weight excluding hydrogens is 386 g/mol. The second kappa shape index (κ2) is 8.14. The molecule has 1 aromatic carbocycles. The van der Waals surface area contributed by atoms with Crippen molar-refractivity contribution in [3.63, 3.8) is 0 Å². The van der Waals surface area contributed by atoms with Crippen LogP contribution in [0.5, 0.6) is 0 Å². The summed E-state index contributed by atoms with van der Waals surface area (Å²) < 4.78 is 54.9. The zero-order valence-electron chi connectivity index (χ0n) is 17.0. The Morgan fingerprint density at radius 3 is 2.38 bits per heavy atom. The second-order valence-corrected chi connectivity index (χ2v) is 7.42. The molecule has 0 spiro atoms. The molecule has 0 saturated carbocycles. The number of guanidine groups is 1. The standard InChI is InChI=1S/C20H25F4N5/c1-5-6-16-17-15(8-7-14(18(17)21)20(22,23)24)25-19(29(16)26-13(2)3)28-11-9-27(4)10-12-28/h5-8,16H,9-12H2,1-4H3. The second-order valence-electron chi connectivity index (χ2n) is 7.42. The largest absolute Gasteiger partial charge is 0.419 e. The van der Waals surface area contributed by atoms with Gasteiger partial charge in [0.05, 0.1) is 11.3 Å². The van der Waals surface area contributed by atoms with E-state index in [-0.39, 0.29) is 11.3 Å². The molecule has 1 fully saturated rings. The predicted molar refractivity (Wildman–Crippen MR) is 106 cm³/mol. The van der Waals surface area contributed by atoms with E-state index in [0.717, 1.165) is 19.2 Å². The molecule has 0 amide bonds. The third-order valence-electron chi connectivity index (χ3n) is 4.92. The number of allylic oxidation sites excluding steroid dienone is 1. The van der Waals surface area contributed by atoms with E-state index in [1.807, 2.05) is 11.9 Å². The number of hydrogen-bond acceptors (Lipinski definition) is 5. The summed E-state index contributed by atoms with van der Waals surface area (Å²) in [4.78, 5) is 8.78. The van der Waals surface area contributed by atoms with Crippen LogP contribution in [0.4, 0.5) is 23.2 Å². The number of rotatable bonds is 2. The summed E-state index contributed by atoms with van der Waals surface area (Å²) in [5.41, 5.74) is -0.508. The average molecular weight is 411 g/mol. The Balaban J connectivity index is 2.19. The number of hydrogen-bond donors (Lipinski definition) is 0. The van der Waals surface area contributed by atoms with Crippen LogP contribution in [0.3, 0.4) is 0 Å². The molecule has 0 aliphatic carbocycles. The van der Waals surface area contributed by atoms with Crippen molar-refractivity contribution in [3.05, 3.63) is 41.2 Å². The summed E-state index contributed by atoms with van der Waals surface area (Å²) in [7, 11) is 2.03. The first kappa shape index (κ1) is 21.3. The van der Waals surface area contributed by atoms with E-state index >= 15 is 4.39 Å². The fourth-order valence-corrected chi connectivity index (χ4v) is 3.49. The highest BCUT2D eigenvalue weighted by atomic mass is 19.4. The summed E-state index contributed by atoms with van der Waals surface area (Å²) in [6, 6.07) is 1.18. The number of piperazine rings is 1. The molecule has 1 saturated heterocycles. The molecule has 0 bridgehead atoms. The number of benzene rings is 1. The first-order chi connectivity index (χ1) is 13.6. The van der Waals surface area contributed by atoms with E-state index in [4.69, 9.17) is 0 Å². The lowest BCUT2D eigenvalue weighted by molar-refractivity contribution is -0.140. The van der Waals surface area contributed by atoms with Crippen molar-refractivity contribution in [3.8, 4) is 0 Å². The Bertz CT molecular complexity index is 847. The van der Waals surface area contributed by atoms with Crippen LogP contribution >= 0.6 is 0 Å². The van der Waals surface area contributed by atoms with Crippen LogP contribution in [0, 0.1) is 5.82 Å². The third kappa shape index (κ3) is 4.29. The Kier molecular flexibility index (Phi) is 5.97. The van der Waals surface area contributed by atoms with E-state index < -0.39 is 23.6 Å². The summed E-state index contributed by atoms with van der Waals surface area (Å²) >= 11 is 0. The van der Waals surface area contributed by atoms with Gasteiger partial charge in [-0.3, -0.25) is 0 Å². The van der Waals surface area contributed by atoms with Crippen LogP contribution in [-0.4, -0.2) is 59.7 Å². The number of nitrogens with zero attached hydrogens (tertiary/aromatic N) is 5. The number of likely N-dealkylation sites (N-methyl/N-ethyl adjacent to an activating group) is 1. The van der Waals surface area contributed by atoms with Gasteiger partial charge in [-0.15, -0.1) is 0 Å². The maximum Gasteiger partial charge on any atom is 0.419 e. The molecule has 3 rings (SSSR count). The minimum absolute atomic E-state index is 0.110. The Morgan fingerprint density at radius 2 is 1.83 bits per heavy atom. The van der Waals surface area contributed by atoms with Gasteiger partial charge in [0.2, 0.25) is 5.96 Å². The molecule has 0 aromatic heterocycles. The monoisotopic (exact) mass is 411 g/mol. The smallest absolute Gasteiger partial charge is 0.338 e. The van der Waals surface area contributed by atoms with Crippen LogP contribution in [0.1, 0.15) is 37.9 Å².